The largest absolute Gasteiger partial charge is 0.507 e. The van der Waals surface area contributed by atoms with Crippen LogP contribution in [0.2, 0.25) is 0 Å². The maximum absolute atomic E-state index is 12.3. The van der Waals surface area contributed by atoms with Gasteiger partial charge in [0.15, 0.2) is 0 Å². The van der Waals surface area contributed by atoms with Crippen LogP contribution >= 0.6 is 11.8 Å². The van der Waals surface area contributed by atoms with E-state index in [-0.39, 0.29) is 16.4 Å². The molecule has 3 nitrogen and oxygen atoms in total. The van der Waals surface area contributed by atoms with Crippen LogP contribution in [0.25, 0.3) is 0 Å². The van der Waals surface area contributed by atoms with Crippen molar-refractivity contribution < 1.29 is 9.90 Å². The van der Waals surface area contributed by atoms with Gasteiger partial charge in [-0.2, -0.15) is 11.8 Å². The zero-order valence-electron chi connectivity index (χ0n) is 10.8. The number of para-hydroxylation sites is 1. The molecule has 1 aromatic carbocycles. The molecule has 0 aliphatic carbocycles. The van der Waals surface area contributed by atoms with Crippen LogP contribution in [-0.2, 0) is 0 Å². The number of hydrogen-bond acceptors (Lipinski definition) is 3. The van der Waals surface area contributed by atoms with Gasteiger partial charge in [-0.05, 0) is 18.6 Å². The minimum Gasteiger partial charge on any atom is -0.507 e. The summed E-state index contributed by atoms with van der Waals surface area (Å²) >= 11 is 1.91. The van der Waals surface area contributed by atoms with E-state index in [9.17, 15) is 9.90 Å². The van der Waals surface area contributed by atoms with Crippen molar-refractivity contribution in [3.05, 3.63) is 29.8 Å². The zero-order valence-corrected chi connectivity index (χ0v) is 11.7. The van der Waals surface area contributed by atoms with Crippen molar-refractivity contribution in [1.82, 2.24) is 4.90 Å². The predicted octanol–water partition coefficient (Wildman–Crippen LogP) is 2.75. The molecule has 1 amide bonds. The second kappa shape index (κ2) is 5.22. The van der Waals surface area contributed by atoms with Crippen molar-refractivity contribution in [3.8, 4) is 5.75 Å². The van der Waals surface area contributed by atoms with Gasteiger partial charge in [-0.3, -0.25) is 4.79 Å². The molecule has 1 aromatic rings. The highest BCUT2D eigenvalue weighted by atomic mass is 32.2. The first-order valence-electron chi connectivity index (χ1n) is 6.21. The van der Waals surface area contributed by atoms with E-state index in [2.05, 4.69) is 13.8 Å². The molecular formula is C14H19NO2S. The van der Waals surface area contributed by atoms with E-state index in [1.54, 1.807) is 24.3 Å². The van der Waals surface area contributed by atoms with Gasteiger partial charge in [0.1, 0.15) is 5.75 Å². The van der Waals surface area contributed by atoms with E-state index >= 15 is 0 Å². The minimum absolute atomic E-state index is 0.0635. The summed E-state index contributed by atoms with van der Waals surface area (Å²) in [6.07, 6.45) is 0.983. The molecule has 1 saturated heterocycles. The molecule has 0 atom stereocenters. The minimum atomic E-state index is -0.0635. The van der Waals surface area contributed by atoms with Crippen LogP contribution in [0, 0.1) is 0 Å². The zero-order chi connectivity index (χ0) is 13.2. The van der Waals surface area contributed by atoms with Gasteiger partial charge < -0.3 is 10.0 Å². The van der Waals surface area contributed by atoms with Crippen molar-refractivity contribution in [3.63, 3.8) is 0 Å². The summed E-state index contributed by atoms with van der Waals surface area (Å²) in [7, 11) is 0. The van der Waals surface area contributed by atoms with Crippen molar-refractivity contribution in [1.29, 1.82) is 0 Å². The number of phenolic OH excluding ortho intramolecular Hbond substituents is 1. The van der Waals surface area contributed by atoms with E-state index in [0.717, 1.165) is 25.3 Å². The van der Waals surface area contributed by atoms with Gasteiger partial charge in [-0.1, -0.05) is 26.0 Å². The van der Waals surface area contributed by atoms with Crippen molar-refractivity contribution in [2.75, 3.05) is 18.8 Å². The number of hydrogen-bond donors (Lipinski definition) is 1. The second-order valence-corrected chi connectivity index (χ2v) is 6.97. The van der Waals surface area contributed by atoms with Crippen molar-refractivity contribution in [2.45, 2.75) is 25.0 Å². The summed E-state index contributed by atoms with van der Waals surface area (Å²) in [6.45, 7) is 5.94. The topological polar surface area (TPSA) is 40.5 Å². The third-order valence-electron chi connectivity index (χ3n) is 3.26. The molecule has 1 aliphatic rings. The average Bonchev–Trinajstić information content (AvgIpc) is 2.50. The van der Waals surface area contributed by atoms with Crippen molar-refractivity contribution >= 4 is 17.7 Å². The first-order chi connectivity index (χ1) is 8.49. The van der Waals surface area contributed by atoms with E-state index in [1.807, 2.05) is 16.7 Å². The fourth-order valence-corrected chi connectivity index (χ4v) is 3.15. The maximum Gasteiger partial charge on any atom is 0.257 e. The number of nitrogens with zero attached hydrogens (tertiary/aromatic N) is 1. The molecule has 1 N–H and O–H groups in total. The lowest BCUT2D eigenvalue weighted by atomic mass is 10.1. The number of phenols is 1. The quantitative estimate of drug-likeness (QED) is 0.849. The SMILES string of the molecule is CC1(C)CCN(C(=O)c2ccccc2O)CCS1. The number of benzene rings is 1. The van der Waals surface area contributed by atoms with Crippen LogP contribution in [0.15, 0.2) is 24.3 Å². The Morgan fingerprint density at radius 2 is 2.06 bits per heavy atom. The average molecular weight is 265 g/mol. The molecule has 1 aliphatic heterocycles. The normalized spacial score (nSPS) is 19.3. The highest BCUT2D eigenvalue weighted by Gasteiger charge is 2.27. The molecule has 2 rings (SSSR count). The Hall–Kier alpha value is -1.16. The molecule has 0 saturated carbocycles. The van der Waals surface area contributed by atoms with Gasteiger partial charge in [0.25, 0.3) is 5.91 Å². The molecule has 0 aromatic heterocycles. The van der Waals surface area contributed by atoms with E-state index in [4.69, 9.17) is 0 Å². The molecule has 0 bridgehead atoms. The smallest absolute Gasteiger partial charge is 0.257 e. The Kier molecular flexibility index (Phi) is 3.85. The number of carbonyl (C=O) groups excluding carboxylic acids is 1. The molecular weight excluding hydrogens is 246 g/mol. The fourth-order valence-electron chi connectivity index (χ4n) is 2.05. The third-order valence-corrected chi connectivity index (χ3v) is 4.63. The van der Waals surface area contributed by atoms with Gasteiger partial charge in [-0.25, -0.2) is 0 Å². The second-order valence-electron chi connectivity index (χ2n) is 5.17. The Morgan fingerprint density at radius 3 is 2.78 bits per heavy atom. The molecule has 0 unspecified atom stereocenters. The summed E-state index contributed by atoms with van der Waals surface area (Å²) in [5.74, 6) is 0.955. The number of amides is 1. The Labute approximate surface area is 112 Å². The molecule has 98 valence electrons. The lowest BCUT2D eigenvalue weighted by molar-refractivity contribution is 0.0761. The first-order valence-corrected chi connectivity index (χ1v) is 7.19. The highest BCUT2D eigenvalue weighted by Crippen LogP contribution is 2.31. The van der Waals surface area contributed by atoms with Gasteiger partial charge >= 0.3 is 0 Å². The molecule has 4 heteroatoms. The molecule has 0 radical (unpaired) electrons. The monoisotopic (exact) mass is 265 g/mol. The van der Waals surface area contributed by atoms with Gasteiger partial charge in [0.05, 0.1) is 5.56 Å². The number of aromatic hydroxyl groups is 1. The summed E-state index contributed by atoms with van der Waals surface area (Å²) < 4.78 is 0.230. The van der Waals surface area contributed by atoms with Crippen LogP contribution in [0.4, 0.5) is 0 Å². The van der Waals surface area contributed by atoms with Crippen LogP contribution in [0.1, 0.15) is 30.6 Å². The van der Waals surface area contributed by atoms with Gasteiger partial charge in [0.2, 0.25) is 0 Å². The number of thioether (sulfide) groups is 1. The molecule has 18 heavy (non-hydrogen) atoms. The Bertz CT molecular complexity index is 445. The summed E-state index contributed by atoms with van der Waals surface area (Å²) in [5, 5.41) is 9.73. The van der Waals surface area contributed by atoms with Crippen LogP contribution < -0.4 is 0 Å². The fraction of sp³-hybridized carbons (Fsp3) is 0.500. The number of rotatable bonds is 1. The number of carbonyl (C=O) groups is 1. The molecule has 1 heterocycles. The highest BCUT2D eigenvalue weighted by molar-refractivity contribution is 8.00. The predicted molar refractivity (Wildman–Crippen MR) is 75.2 cm³/mol. The van der Waals surface area contributed by atoms with Gasteiger partial charge in [0, 0.05) is 23.6 Å². The summed E-state index contributed by atoms with van der Waals surface area (Å²) in [6, 6.07) is 6.75. The first kappa shape index (κ1) is 13.3. The molecule has 0 spiro atoms. The Balaban J connectivity index is 2.13. The van der Waals surface area contributed by atoms with E-state index < -0.39 is 0 Å². The third kappa shape index (κ3) is 2.99. The maximum atomic E-state index is 12.3. The standard InChI is InChI=1S/C14H19NO2S/c1-14(2)7-8-15(9-10-18-14)13(17)11-5-3-4-6-12(11)16/h3-6,16H,7-10H2,1-2H3. The summed E-state index contributed by atoms with van der Waals surface area (Å²) in [5.41, 5.74) is 0.405. The van der Waals surface area contributed by atoms with E-state index in [0.29, 0.717) is 5.56 Å². The lowest BCUT2D eigenvalue weighted by Gasteiger charge is -2.23. The van der Waals surface area contributed by atoms with Crippen LogP contribution in [0.3, 0.4) is 0 Å². The van der Waals surface area contributed by atoms with E-state index in [1.165, 1.54) is 0 Å². The Morgan fingerprint density at radius 1 is 1.33 bits per heavy atom. The van der Waals surface area contributed by atoms with Crippen LogP contribution in [0.5, 0.6) is 5.75 Å². The molecule has 1 fully saturated rings. The van der Waals surface area contributed by atoms with Crippen molar-refractivity contribution in [2.24, 2.45) is 0 Å². The lowest BCUT2D eigenvalue weighted by Crippen LogP contribution is -2.33. The summed E-state index contributed by atoms with van der Waals surface area (Å²) in [4.78, 5) is 14.2. The van der Waals surface area contributed by atoms with Crippen LogP contribution in [-0.4, -0.2) is 39.5 Å². The van der Waals surface area contributed by atoms with Gasteiger partial charge in [-0.15, -0.1) is 0 Å².